The second-order valence-electron chi connectivity index (χ2n) is 13.4. The van der Waals surface area contributed by atoms with Gasteiger partial charge in [0.05, 0.1) is 6.61 Å². The molecule has 0 amide bonds. The normalized spacial score (nSPS) is 24.3. The lowest BCUT2D eigenvalue weighted by atomic mass is 9.85. The van der Waals surface area contributed by atoms with Crippen LogP contribution < -0.4 is 0 Å². The molecule has 290 valence electrons. The maximum Gasteiger partial charge on any atom is 0.472 e. The van der Waals surface area contributed by atoms with Gasteiger partial charge in [-0.2, -0.15) is 0 Å². The van der Waals surface area contributed by atoms with Crippen LogP contribution >= 0.6 is 7.82 Å². The van der Waals surface area contributed by atoms with Crippen LogP contribution in [0, 0.1) is 0 Å². The summed E-state index contributed by atoms with van der Waals surface area (Å²) < 4.78 is 32.6. The van der Waals surface area contributed by atoms with Crippen molar-refractivity contribution in [1.29, 1.82) is 0 Å². The number of ether oxygens (including phenoxy) is 2. The highest BCUT2D eigenvalue weighted by atomic mass is 31.2. The SMILES string of the molecule is CCCCCCCCCCCCCCCCCCCCCC(=O)OC[C@H](COP(=O)(O)OC1C(O)C(O)C(O)[C@@H](O)C1O)OC(=O)CCC. The second kappa shape index (κ2) is 27.5. The Bertz CT molecular complexity index is 891. The molecule has 1 fully saturated rings. The summed E-state index contributed by atoms with van der Waals surface area (Å²) in [6.07, 6.45) is 11.3. The number of hydrogen-bond acceptors (Lipinski definition) is 12. The summed E-state index contributed by atoms with van der Waals surface area (Å²) in [5, 5.41) is 49.4. The molecule has 1 saturated carbocycles. The molecular weight excluding hydrogens is 659 g/mol. The standard InChI is InChI=1S/C35H67O13P/c1-3-5-6-7-8-9-10-11-12-13-14-15-16-17-18-19-20-21-22-24-28(36)45-25-27(47-29(37)23-4-2)26-46-49(43,44)48-35-33(41)31(39)30(38)32(40)34(35)42/h27,30-35,38-42H,3-26H2,1-2H3,(H,43,44)/t27-,30?,31-,32?,33?,34?,35?/m1/s1. The Morgan fingerprint density at radius 1 is 0.551 bits per heavy atom. The van der Waals surface area contributed by atoms with Crippen molar-refractivity contribution in [3.63, 3.8) is 0 Å². The van der Waals surface area contributed by atoms with Crippen LogP contribution in [0.1, 0.15) is 155 Å². The number of aliphatic hydroxyl groups is 5. The Hall–Kier alpha value is -1.15. The number of esters is 2. The van der Waals surface area contributed by atoms with E-state index in [4.69, 9.17) is 18.5 Å². The zero-order chi connectivity index (χ0) is 36.5. The van der Waals surface area contributed by atoms with Gasteiger partial charge in [-0.25, -0.2) is 4.57 Å². The van der Waals surface area contributed by atoms with Gasteiger partial charge < -0.3 is 39.9 Å². The van der Waals surface area contributed by atoms with Crippen LogP contribution in [0.25, 0.3) is 0 Å². The van der Waals surface area contributed by atoms with E-state index >= 15 is 0 Å². The largest absolute Gasteiger partial charge is 0.472 e. The molecule has 6 unspecified atom stereocenters. The first-order chi connectivity index (χ1) is 23.4. The van der Waals surface area contributed by atoms with E-state index in [-0.39, 0.29) is 12.8 Å². The molecule has 0 saturated heterocycles. The van der Waals surface area contributed by atoms with Crippen LogP contribution in [-0.2, 0) is 32.7 Å². The Morgan fingerprint density at radius 2 is 0.959 bits per heavy atom. The van der Waals surface area contributed by atoms with Crippen molar-refractivity contribution >= 4 is 19.8 Å². The summed E-state index contributed by atoms with van der Waals surface area (Å²) >= 11 is 0. The number of carbonyl (C=O) groups is 2. The summed E-state index contributed by atoms with van der Waals surface area (Å²) in [7, 11) is -5.07. The lowest BCUT2D eigenvalue weighted by Gasteiger charge is -2.41. The van der Waals surface area contributed by atoms with Crippen molar-refractivity contribution in [3.05, 3.63) is 0 Å². The Balaban J connectivity index is 2.22. The predicted molar refractivity (Wildman–Crippen MR) is 184 cm³/mol. The van der Waals surface area contributed by atoms with Gasteiger partial charge in [0.1, 0.15) is 43.2 Å². The van der Waals surface area contributed by atoms with Crippen LogP contribution in [0.2, 0.25) is 0 Å². The molecule has 6 N–H and O–H groups in total. The molecule has 1 aliphatic rings. The average Bonchev–Trinajstić information content (AvgIpc) is 3.07. The first-order valence-corrected chi connectivity index (χ1v) is 20.3. The van der Waals surface area contributed by atoms with E-state index in [0.29, 0.717) is 12.8 Å². The quantitative estimate of drug-likeness (QED) is 0.0312. The third-order valence-electron chi connectivity index (χ3n) is 8.92. The molecule has 1 aliphatic carbocycles. The molecule has 1 rings (SSSR count). The average molecular weight is 727 g/mol. The number of carbonyl (C=O) groups excluding carboxylic acids is 2. The third kappa shape index (κ3) is 21.1. The van der Waals surface area contributed by atoms with Gasteiger partial charge >= 0.3 is 19.8 Å². The Labute approximate surface area is 293 Å². The fourth-order valence-corrected chi connectivity index (χ4v) is 6.83. The van der Waals surface area contributed by atoms with Crippen molar-refractivity contribution in [2.24, 2.45) is 0 Å². The van der Waals surface area contributed by atoms with Gasteiger partial charge in [0.2, 0.25) is 0 Å². The van der Waals surface area contributed by atoms with E-state index in [1.807, 2.05) is 0 Å². The molecule has 0 aliphatic heterocycles. The fourth-order valence-electron chi connectivity index (χ4n) is 5.85. The summed E-state index contributed by atoms with van der Waals surface area (Å²) in [6, 6.07) is 0. The smallest absolute Gasteiger partial charge is 0.462 e. The van der Waals surface area contributed by atoms with Gasteiger partial charge in [-0.3, -0.25) is 18.6 Å². The highest BCUT2D eigenvalue weighted by Crippen LogP contribution is 2.47. The molecule has 49 heavy (non-hydrogen) atoms. The number of phosphoric ester groups is 1. The van der Waals surface area contributed by atoms with Gasteiger partial charge in [0, 0.05) is 12.8 Å². The van der Waals surface area contributed by atoms with Gasteiger partial charge in [0.15, 0.2) is 6.10 Å². The molecule has 0 spiro atoms. The number of aliphatic hydroxyl groups excluding tert-OH is 5. The van der Waals surface area contributed by atoms with Crippen LogP contribution in [0.3, 0.4) is 0 Å². The van der Waals surface area contributed by atoms with Crippen LogP contribution in [-0.4, -0.2) is 98.3 Å². The van der Waals surface area contributed by atoms with Gasteiger partial charge in [0.25, 0.3) is 0 Å². The number of hydrogen-bond donors (Lipinski definition) is 6. The van der Waals surface area contributed by atoms with Crippen LogP contribution in [0.4, 0.5) is 0 Å². The topological polar surface area (TPSA) is 210 Å². The van der Waals surface area contributed by atoms with E-state index in [1.165, 1.54) is 96.3 Å². The second-order valence-corrected chi connectivity index (χ2v) is 14.9. The lowest BCUT2D eigenvalue weighted by Crippen LogP contribution is -2.64. The van der Waals surface area contributed by atoms with Crippen molar-refractivity contribution < 1.29 is 63.1 Å². The van der Waals surface area contributed by atoms with E-state index in [1.54, 1.807) is 6.92 Å². The summed E-state index contributed by atoms with van der Waals surface area (Å²) in [6.45, 7) is 2.84. The van der Waals surface area contributed by atoms with Crippen molar-refractivity contribution in [2.45, 2.75) is 198 Å². The molecule has 0 aromatic rings. The monoisotopic (exact) mass is 726 g/mol. The van der Waals surface area contributed by atoms with E-state index in [0.717, 1.165) is 19.3 Å². The zero-order valence-electron chi connectivity index (χ0n) is 30.0. The van der Waals surface area contributed by atoms with Crippen LogP contribution in [0.15, 0.2) is 0 Å². The number of rotatable bonds is 30. The summed E-state index contributed by atoms with van der Waals surface area (Å²) in [4.78, 5) is 34.5. The van der Waals surface area contributed by atoms with Gasteiger partial charge in [-0.05, 0) is 12.8 Å². The maximum atomic E-state index is 12.5. The minimum atomic E-state index is -5.07. The highest BCUT2D eigenvalue weighted by Gasteiger charge is 2.51. The van der Waals surface area contributed by atoms with Crippen LogP contribution in [0.5, 0.6) is 0 Å². The highest BCUT2D eigenvalue weighted by molar-refractivity contribution is 7.47. The van der Waals surface area contributed by atoms with E-state index in [9.17, 15) is 44.6 Å². The molecule has 0 radical (unpaired) electrons. The minimum absolute atomic E-state index is 0.0512. The molecule has 0 aromatic carbocycles. The molecule has 14 heteroatoms. The number of unbranched alkanes of at least 4 members (excludes halogenated alkanes) is 18. The number of phosphoric acid groups is 1. The molecule has 8 atom stereocenters. The van der Waals surface area contributed by atoms with Crippen molar-refractivity contribution in [2.75, 3.05) is 13.2 Å². The molecule has 0 aromatic heterocycles. The minimum Gasteiger partial charge on any atom is -0.462 e. The summed E-state index contributed by atoms with van der Waals surface area (Å²) in [5.41, 5.74) is 0. The first-order valence-electron chi connectivity index (χ1n) is 18.8. The predicted octanol–water partition coefficient (Wildman–Crippen LogP) is 5.38. The fraction of sp³-hybridized carbons (Fsp3) is 0.943. The summed E-state index contributed by atoms with van der Waals surface area (Å²) in [5.74, 6) is -1.15. The van der Waals surface area contributed by atoms with Gasteiger partial charge in [-0.1, -0.05) is 129 Å². The van der Waals surface area contributed by atoms with E-state index < -0.39 is 75.7 Å². The molecular formula is C35H67O13P. The lowest BCUT2D eigenvalue weighted by molar-refractivity contribution is -0.220. The third-order valence-corrected chi connectivity index (χ3v) is 9.90. The first kappa shape index (κ1) is 45.9. The molecule has 13 nitrogen and oxygen atoms in total. The van der Waals surface area contributed by atoms with Crippen molar-refractivity contribution in [3.8, 4) is 0 Å². The molecule has 0 bridgehead atoms. The van der Waals surface area contributed by atoms with Gasteiger partial charge in [-0.15, -0.1) is 0 Å². The Kier molecular flexibility index (Phi) is 25.7. The maximum absolute atomic E-state index is 12.5. The molecule has 0 heterocycles. The Morgan fingerprint density at radius 3 is 1.39 bits per heavy atom. The van der Waals surface area contributed by atoms with Crippen molar-refractivity contribution in [1.82, 2.24) is 0 Å². The van der Waals surface area contributed by atoms with E-state index in [2.05, 4.69) is 6.92 Å². The zero-order valence-corrected chi connectivity index (χ0v) is 30.9.